The topological polar surface area (TPSA) is 116 Å². The minimum absolute atomic E-state index is 0.0753. The molecular formula is C27H25N5O4S. The second kappa shape index (κ2) is 10.8. The van der Waals surface area contributed by atoms with Gasteiger partial charge < -0.3 is 15.1 Å². The zero-order chi connectivity index (χ0) is 25.8. The highest BCUT2D eigenvalue weighted by atomic mass is 32.2. The summed E-state index contributed by atoms with van der Waals surface area (Å²) in [6, 6.07) is 17.8. The third-order valence-corrected chi connectivity index (χ3v) is 6.81. The molecule has 0 radical (unpaired) electrons. The van der Waals surface area contributed by atoms with E-state index < -0.39 is 6.04 Å². The maximum absolute atomic E-state index is 13.4. The number of benzene rings is 2. The number of nitrogens with zero attached hydrogens (tertiary/aromatic N) is 3. The van der Waals surface area contributed by atoms with Crippen molar-refractivity contribution in [1.82, 2.24) is 10.2 Å². The van der Waals surface area contributed by atoms with Gasteiger partial charge in [0.2, 0.25) is 11.8 Å². The van der Waals surface area contributed by atoms with Gasteiger partial charge in [0, 0.05) is 17.7 Å². The number of rotatable bonds is 8. The predicted molar refractivity (Wildman–Crippen MR) is 143 cm³/mol. The Morgan fingerprint density at radius 1 is 1.08 bits per heavy atom. The van der Waals surface area contributed by atoms with Gasteiger partial charge in [0.1, 0.15) is 17.6 Å². The quantitative estimate of drug-likeness (QED) is 0.470. The van der Waals surface area contributed by atoms with Crippen molar-refractivity contribution in [3.05, 3.63) is 83.8 Å². The predicted octanol–water partition coefficient (Wildman–Crippen LogP) is 4.02. The van der Waals surface area contributed by atoms with Crippen LogP contribution in [0.5, 0.6) is 0 Å². The van der Waals surface area contributed by atoms with E-state index in [4.69, 9.17) is 4.42 Å². The number of anilines is 1. The lowest BCUT2D eigenvalue weighted by Gasteiger charge is -2.25. The van der Waals surface area contributed by atoms with E-state index in [0.29, 0.717) is 28.1 Å². The molecule has 0 fully saturated rings. The van der Waals surface area contributed by atoms with E-state index >= 15 is 0 Å². The molecule has 3 amide bonds. The molecule has 188 valence electrons. The van der Waals surface area contributed by atoms with Gasteiger partial charge in [-0.1, -0.05) is 36.0 Å². The highest BCUT2D eigenvalue weighted by Gasteiger charge is 2.41. The van der Waals surface area contributed by atoms with Crippen LogP contribution in [0.2, 0.25) is 0 Å². The van der Waals surface area contributed by atoms with Gasteiger partial charge in [-0.05, 0) is 55.3 Å². The minimum Gasteiger partial charge on any atom is -0.467 e. The van der Waals surface area contributed by atoms with E-state index in [-0.39, 0.29) is 42.9 Å². The van der Waals surface area contributed by atoms with Crippen LogP contribution in [0.15, 0.2) is 81.3 Å². The Hall–Kier alpha value is -4.18. The number of aliphatic imine (C=N–C) groups is 2. The van der Waals surface area contributed by atoms with Crippen molar-refractivity contribution in [3.8, 4) is 0 Å². The molecule has 9 nitrogen and oxygen atoms in total. The third kappa shape index (κ3) is 5.64. The number of aryl methyl sites for hydroxylation is 1. The number of para-hydroxylation sites is 1. The molecule has 0 spiro atoms. The van der Waals surface area contributed by atoms with E-state index in [9.17, 15) is 14.4 Å². The van der Waals surface area contributed by atoms with Crippen LogP contribution in [0.1, 0.15) is 29.7 Å². The molecule has 0 bridgehead atoms. The number of amidine groups is 2. The highest BCUT2D eigenvalue weighted by molar-refractivity contribution is 8.14. The molecule has 0 saturated heterocycles. The van der Waals surface area contributed by atoms with Crippen molar-refractivity contribution in [2.75, 3.05) is 11.1 Å². The van der Waals surface area contributed by atoms with E-state index in [2.05, 4.69) is 20.6 Å². The second-order valence-electron chi connectivity index (χ2n) is 8.65. The van der Waals surface area contributed by atoms with Gasteiger partial charge in [-0.3, -0.25) is 19.4 Å². The van der Waals surface area contributed by atoms with Crippen molar-refractivity contribution in [2.24, 2.45) is 9.98 Å². The first kappa shape index (κ1) is 24.5. The molecule has 10 heteroatoms. The molecule has 2 aliphatic rings. The molecule has 5 rings (SSSR count). The molecular weight excluding hydrogens is 490 g/mol. The van der Waals surface area contributed by atoms with E-state index in [0.717, 1.165) is 11.1 Å². The first-order valence-corrected chi connectivity index (χ1v) is 12.8. The number of carbonyl (C=O) groups excluding carboxylic acids is 3. The first-order chi connectivity index (χ1) is 18.0. The smallest absolute Gasteiger partial charge is 0.259 e. The third-order valence-electron chi connectivity index (χ3n) is 5.87. The summed E-state index contributed by atoms with van der Waals surface area (Å²) in [6.45, 7) is 2.24. The molecule has 2 aromatic carbocycles. The van der Waals surface area contributed by atoms with E-state index in [1.807, 2.05) is 55.5 Å². The number of furan rings is 1. The number of thioether (sulfide) groups is 1. The Labute approximate surface area is 218 Å². The molecule has 1 atom stereocenters. The Kier molecular flexibility index (Phi) is 7.18. The lowest BCUT2D eigenvalue weighted by atomic mass is 10.1. The summed E-state index contributed by atoms with van der Waals surface area (Å²) in [5.41, 5.74) is 3.19. The Morgan fingerprint density at radius 3 is 2.76 bits per heavy atom. The zero-order valence-electron chi connectivity index (χ0n) is 20.1. The average molecular weight is 516 g/mol. The SMILES string of the molecule is Cc1cccc(NC(=O)CSC2=Nc3ccccc3C3=N[C@@H](CCC(=O)NCc4ccco4)C(=O)N23)c1. The van der Waals surface area contributed by atoms with Gasteiger partial charge in [0.05, 0.1) is 24.2 Å². The monoisotopic (exact) mass is 515 g/mol. The number of nitrogens with one attached hydrogen (secondary N) is 2. The number of hydrogen-bond acceptors (Lipinski definition) is 7. The molecule has 0 unspecified atom stereocenters. The largest absolute Gasteiger partial charge is 0.467 e. The summed E-state index contributed by atoms with van der Waals surface area (Å²) < 4.78 is 5.22. The minimum atomic E-state index is -0.706. The second-order valence-corrected chi connectivity index (χ2v) is 9.60. The molecule has 2 N–H and O–H groups in total. The van der Waals surface area contributed by atoms with Crippen LogP contribution in [0.25, 0.3) is 0 Å². The number of fused-ring (bicyclic) bond motifs is 3. The van der Waals surface area contributed by atoms with Crippen LogP contribution < -0.4 is 10.6 Å². The molecule has 1 aromatic heterocycles. The van der Waals surface area contributed by atoms with Gasteiger partial charge in [0.15, 0.2) is 5.17 Å². The van der Waals surface area contributed by atoms with Crippen LogP contribution in [0, 0.1) is 6.92 Å². The van der Waals surface area contributed by atoms with Crippen LogP contribution in [-0.2, 0) is 20.9 Å². The maximum Gasteiger partial charge on any atom is 0.259 e. The lowest BCUT2D eigenvalue weighted by molar-refractivity contribution is -0.125. The van der Waals surface area contributed by atoms with Crippen molar-refractivity contribution in [1.29, 1.82) is 0 Å². The fraction of sp³-hybridized carbons (Fsp3) is 0.222. The summed E-state index contributed by atoms with van der Waals surface area (Å²) >= 11 is 1.18. The summed E-state index contributed by atoms with van der Waals surface area (Å²) in [5.74, 6) is 0.583. The number of amides is 3. The molecule has 2 aliphatic heterocycles. The summed E-state index contributed by atoms with van der Waals surface area (Å²) in [4.78, 5) is 49.1. The summed E-state index contributed by atoms with van der Waals surface area (Å²) in [6.07, 6.45) is 1.95. The summed E-state index contributed by atoms with van der Waals surface area (Å²) in [7, 11) is 0. The van der Waals surface area contributed by atoms with Crippen LogP contribution >= 0.6 is 11.8 Å². The lowest BCUT2D eigenvalue weighted by Crippen LogP contribution is -2.41. The van der Waals surface area contributed by atoms with Crippen molar-refractivity contribution in [3.63, 3.8) is 0 Å². The normalized spacial score (nSPS) is 16.0. The molecule has 3 heterocycles. The fourth-order valence-corrected chi connectivity index (χ4v) is 4.89. The van der Waals surface area contributed by atoms with Gasteiger partial charge in [-0.25, -0.2) is 9.89 Å². The van der Waals surface area contributed by atoms with Gasteiger partial charge in [-0.15, -0.1) is 0 Å². The molecule has 37 heavy (non-hydrogen) atoms. The van der Waals surface area contributed by atoms with Crippen molar-refractivity contribution < 1.29 is 18.8 Å². The van der Waals surface area contributed by atoms with E-state index in [1.165, 1.54) is 16.7 Å². The zero-order valence-corrected chi connectivity index (χ0v) is 21.0. The summed E-state index contributed by atoms with van der Waals surface area (Å²) in [5, 5.41) is 6.06. The number of carbonyl (C=O) groups is 3. The van der Waals surface area contributed by atoms with Crippen LogP contribution in [0.4, 0.5) is 11.4 Å². The standard InChI is InChI=1S/C27H25N5O4S/c1-17-6-4-7-18(14-17)29-24(34)16-37-27-31-21-10-3-2-9-20(21)25-30-22(26(35)32(25)27)11-12-23(33)28-15-19-8-5-13-36-19/h2-10,13-14,22H,11-12,15-16H2,1H3,(H,28,33)(H,29,34)/t22-/m0/s1. The van der Waals surface area contributed by atoms with Gasteiger partial charge in [-0.2, -0.15) is 0 Å². The molecule has 0 aliphatic carbocycles. The van der Waals surface area contributed by atoms with Crippen molar-refractivity contribution in [2.45, 2.75) is 32.4 Å². The van der Waals surface area contributed by atoms with Gasteiger partial charge in [0.25, 0.3) is 5.91 Å². The first-order valence-electron chi connectivity index (χ1n) is 11.9. The Morgan fingerprint density at radius 2 is 1.95 bits per heavy atom. The maximum atomic E-state index is 13.4. The Bertz CT molecular complexity index is 1400. The highest BCUT2D eigenvalue weighted by Crippen LogP contribution is 2.34. The van der Waals surface area contributed by atoms with E-state index in [1.54, 1.807) is 18.4 Å². The Balaban J connectivity index is 1.25. The number of hydrogen-bond donors (Lipinski definition) is 2. The average Bonchev–Trinajstić information content (AvgIpc) is 3.53. The van der Waals surface area contributed by atoms with Crippen LogP contribution in [-0.4, -0.2) is 45.4 Å². The van der Waals surface area contributed by atoms with Crippen LogP contribution in [0.3, 0.4) is 0 Å². The fourth-order valence-electron chi connectivity index (χ4n) is 4.09. The molecule has 0 saturated carbocycles. The molecule has 3 aromatic rings. The van der Waals surface area contributed by atoms with Crippen molar-refractivity contribution >= 4 is 51.9 Å². The van der Waals surface area contributed by atoms with Gasteiger partial charge >= 0.3 is 0 Å².